The van der Waals surface area contributed by atoms with E-state index in [9.17, 15) is 4.79 Å². The van der Waals surface area contributed by atoms with Gasteiger partial charge in [-0.1, -0.05) is 38.1 Å². The molecule has 0 N–H and O–H groups in total. The Hall–Kier alpha value is -0.240. The second kappa shape index (κ2) is 8.36. The Labute approximate surface area is 86.0 Å². The first-order valence-electron chi connectivity index (χ1n) is 5.03. The lowest BCUT2D eigenvalue weighted by Crippen LogP contribution is -2.09. The SMILES string of the molecule is C=CCC(CC)C(=O)SCCCC. The third-order valence-corrected chi connectivity index (χ3v) is 3.13. The van der Waals surface area contributed by atoms with E-state index in [4.69, 9.17) is 0 Å². The van der Waals surface area contributed by atoms with Crippen molar-refractivity contribution < 1.29 is 4.79 Å². The molecule has 0 bridgehead atoms. The molecule has 1 atom stereocenters. The van der Waals surface area contributed by atoms with Gasteiger partial charge in [-0.25, -0.2) is 0 Å². The summed E-state index contributed by atoms with van der Waals surface area (Å²) in [4.78, 5) is 11.6. The van der Waals surface area contributed by atoms with Crippen molar-refractivity contribution in [3.8, 4) is 0 Å². The molecule has 0 aromatic carbocycles. The van der Waals surface area contributed by atoms with Crippen LogP contribution in [0.5, 0.6) is 0 Å². The standard InChI is InChI=1S/C11H20OS/c1-4-7-9-13-11(12)10(6-3)8-5-2/h5,10H,2,4,6-9H2,1,3H3. The molecule has 2 heteroatoms. The highest BCUT2D eigenvalue weighted by molar-refractivity contribution is 8.13. The number of unbranched alkanes of at least 4 members (excludes halogenated alkanes) is 1. The molecule has 0 saturated carbocycles. The maximum Gasteiger partial charge on any atom is 0.192 e. The van der Waals surface area contributed by atoms with Gasteiger partial charge in [-0.15, -0.1) is 6.58 Å². The molecular formula is C11H20OS. The molecule has 13 heavy (non-hydrogen) atoms. The van der Waals surface area contributed by atoms with Gasteiger partial charge in [-0.2, -0.15) is 0 Å². The predicted octanol–water partition coefficient (Wildman–Crippen LogP) is 3.65. The van der Waals surface area contributed by atoms with E-state index in [1.807, 2.05) is 6.08 Å². The Kier molecular flexibility index (Phi) is 8.21. The minimum absolute atomic E-state index is 0.194. The zero-order valence-corrected chi connectivity index (χ0v) is 9.53. The third kappa shape index (κ3) is 5.92. The number of hydrogen-bond donors (Lipinski definition) is 0. The number of thioether (sulfide) groups is 1. The number of carbonyl (C=O) groups is 1. The van der Waals surface area contributed by atoms with E-state index < -0.39 is 0 Å². The maximum absolute atomic E-state index is 11.6. The minimum atomic E-state index is 0.194. The fourth-order valence-corrected chi connectivity index (χ4v) is 2.20. The van der Waals surface area contributed by atoms with Crippen LogP contribution in [-0.2, 0) is 4.79 Å². The van der Waals surface area contributed by atoms with Crippen molar-refractivity contribution in [3.63, 3.8) is 0 Å². The Bertz CT molecular complexity index is 154. The van der Waals surface area contributed by atoms with Crippen molar-refractivity contribution in [2.75, 3.05) is 5.75 Å². The summed E-state index contributed by atoms with van der Waals surface area (Å²) >= 11 is 1.49. The molecule has 0 saturated heterocycles. The van der Waals surface area contributed by atoms with Crippen LogP contribution in [-0.4, -0.2) is 10.9 Å². The Morgan fingerprint density at radius 1 is 1.54 bits per heavy atom. The summed E-state index contributed by atoms with van der Waals surface area (Å²) in [5.74, 6) is 1.17. The predicted molar refractivity (Wildman–Crippen MR) is 61.0 cm³/mol. The van der Waals surface area contributed by atoms with Gasteiger partial charge in [-0.05, 0) is 19.3 Å². The lowest BCUT2D eigenvalue weighted by atomic mass is 10.1. The fraction of sp³-hybridized carbons (Fsp3) is 0.727. The van der Waals surface area contributed by atoms with Crippen LogP contribution in [0.15, 0.2) is 12.7 Å². The van der Waals surface area contributed by atoms with Crippen LogP contribution >= 0.6 is 11.8 Å². The molecule has 0 aromatic heterocycles. The monoisotopic (exact) mass is 200 g/mol. The maximum atomic E-state index is 11.6. The lowest BCUT2D eigenvalue weighted by Gasteiger charge is -2.09. The van der Waals surface area contributed by atoms with Gasteiger partial charge >= 0.3 is 0 Å². The first kappa shape index (κ1) is 12.8. The van der Waals surface area contributed by atoms with Crippen LogP contribution in [0, 0.1) is 5.92 Å². The lowest BCUT2D eigenvalue weighted by molar-refractivity contribution is -0.114. The summed E-state index contributed by atoms with van der Waals surface area (Å²) in [6, 6.07) is 0. The van der Waals surface area contributed by atoms with Crippen molar-refractivity contribution >= 4 is 16.9 Å². The Morgan fingerprint density at radius 3 is 2.69 bits per heavy atom. The van der Waals surface area contributed by atoms with E-state index in [1.165, 1.54) is 18.2 Å². The molecular weight excluding hydrogens is 180 g/mol. The van der Waals surface area contributed by atoms with Crippen LogP contribution in [0.1, 0.15) is 39.5 Å². The number of carbonyl (C=O) groups excluding carboxylic acids is 1. The zero-order chi connectivity index (χ0) is 10.1. The highest BCUT2D eigenvalue weighted by Gasteiger charge is 2.14. The van der Waals surface area contributed by atoms with Crippen LogP contribution in [0.3, 0.4) is 0 Å². The molecule has 0 aromatic rings. The summed E-state index contributed by atoms with van der Waals surface area (Å²) in [6.07, 6.45) is 5.91. The van der Waals surface area contributed by atoms with Crippen molar-refractivity contribution in [2.24, 2.45) is 5.92 Å². The van der Waals surface area contributed by atoms with Gasteiger partial charge < -0.3 is 0 Å². The van der Waals surface area contributed by atoms with Crippen LogP contribution in [0.2, 0.25) is 0 Å². The summed E-state index contributed by atoms with van der Waals surface area (Å²) < 4.78 is 0. The van der Waals surface area contributed by atoms with Crippen molar-refractivity contribution in [1.82, 2.24) is 0 Å². The van der Waals surface area contributed by atoms with Crippen molar-refractivity contribution in [1.29, 1.82) is 0 Å². The molecule has 0 aliphatic heterocycles. The molecule has 0 spiro atoms. The highest BCUT2D eigenvalue weighted by atomic mass is 32.2. The molecule has 0 heterocycles. The van der Waals surface area contributed by atoms with Gasteiger partial charge in [0.1, 0.15) is 0 Å². The summed E-state index contributed by atoms with van der Waals surface area (Å²) in [5.41, 5.74) is 0. The van der Waals surface area contributed by atoms with E-state index in [2.05, 4.69) is 20.4 Å². The molecule has 0 rings (SSSR count). The van der Waals surface area contributed by atoms with E-state index in [0.717, 1.165) is 25.0 Å². The van der Waals surface area contributed by atoms with Gasteiger partial charge in [0.25, 0.3) is 0 Å². The summed E-state index contributed by atoms with van der Waals surface area (Å²) in [5, 5.41) is 0.343. The molecule has 0 aliphatic carbocycles. The van der Waals surface area contributed by atoms with Crippen molar-refractivity contribution in [2.45, 2.75) is 39.5 Å². The first-order valence-corrected chi connectivity index (χ1v) is 6.02. The van der Waals surface area contributed by atoms with Gasteiger partial charge in [0.2, 0.25) is 0 Å². The van der Waals surface area contributed by atoms with E-state index in [0.29, 0.717) is 5.12 Å². The van der Waals surface area contributed by atoms with Gasteiger partial charge in [0, 0.05) is 11.7 Å². The largest absolute Gasteiger partial charge is 0.287 e. The average molecular weight is 200 g/mol. The van der Waals surface area contributed by atoms with E-state index in [-0.39, 0.29) is 5.92 Å². The quantitative estimate of drug-likeness (QED) is 0.461. The van der Waals surface area contributed by atoms with Crippen molar-refractivity contribution in [3.05, 3.63) is 12.7 Å². The summed E-state index contributed by atoms with van der Waals surface area (Å²) in [7, 11) is 0. The normalized spacial score (nSPS) is 12.5. The molecule has 0 amide bonds. The van der Waals surface area contributed by atoms with E-state index >= 15 is 0 Å². The minimum Gasteiger partial charge on any atom is -0.287 e. The number of hydrogen-bond acceptors (Lipinski definition) is 2. The zero-order valence-electron chi connectivity index (χ0n) is 8.71. The summed E-state index contributed by atoms with van der Waals surface area (Å²) in [6.45, 7) is 7.87. The fourth-order valence-electron chi connectivity index (χ4n) is 1.07. The number of allylic oxidation sites excluding steroid dienone is 1. The number of rotatable bonds is 7. The molecule has 76 valence electrons. The van der Waals surface area contributed by atoms with Gasteiger partial charge in [0.05, 0.1) is 0 Å². The molecule has 1 nitrogen and oxygen atoms in total. The molecule has 0 aliphatic rings. The van der Waals surface area contributed by atoms with Crippen LogP contribution in [0.25, 0.3) is 0 Å². The van der Waals surface area contributed by atoms with Gasteiger partial charge in [-0.3, -0.25) is 4.79 Å². The molecule has 0 fully saturated rings. The third-order valence-electron chi connectivity index (χ3n) is 2.02. The van der Waals surface area contributed by atoms with E-state index in [1.54, 1.807) is 0 Å². The molecule has 1 unspecified atom stereocenters. The van der Waals surface area contributed by atoms with Crippen LogP contribution < -0.4 is 0 Å². The smallest absolute Gasteiger partial charge is 0.192 e. The van der Waals surface area contributed by atoms with Gasteiger partial charge in [0.15, 0.2) is 5.12 Å². The first-order chi connectivity index (χ1) is 6.26. The second-order valence-corrected chi connectivity index (χ2v) is 4.25. The molecule has 0 radical (unpaired) electrons. The highest BCUT2D eigenvalue weighted by Crippen LogP contribution is 2.19. The Balaban J connectivity index is 3.70. The second-order valence-electron chi connectivity index (χ2n) is 3.15. The Morgan fingerprint density at radius 2 is 2.23 bits per heavy atom. The van der Waals surface area contributed by atoms with Crippen LogP contribution in [0.4, 0.5) is 0 Å². The average Bonchev–Trinajstić information content (AvgIpc) is 2.14. The topological polar surface area (TPSA) is 17.1 Å².